The Morgan fingerprint density at radius 1 is 1.48 bits per heavy atom. The van der Waals surface area contributed by atoms with Gasteiger partial charge in [-0.1, -0.05) is 15.9 Å². The predicted molar refractivity (Wildman–Crippen MR) is 84.5 cm³/mol. The van der Waals surface area contributed by atoms with E-state index in [1.54, 1.807) is 7.11 Å². The smallest absolute Gasteiger partial charge is 0.221 e. The molecule has 6 heteroatoms. The highest BCUT2D eigenvalue weighted by atomic mass is 79.9. The van der Waals surface area contributed by atoms with Gasteiger partial charge in [-0.15, -0.1) is 0 Å². The fraction of sp³-hybridized carbons (Fsp3) is 0.533. The Balaban J connectivity index is 1.80. The topological polar surface area (TPSA) is 59.6 Å². The van der Waals surface area contributed by atoms with Crippen molar-refractivity contribution in [3.63, 3.8) is 0 Å². The van der Waals surface area contributed by atoms with Gasteiger partial charge in [-0.25, -0.2) is 0 Å². The molecule has 0 fully saturated rings. The van der Waals surface area contributed by atoms with E-state index in [9.17, 15) is 4.79 Å². The fourth-order valence-electron chi connectivity index (χ4n) is 2.32. The summed E-state index contributed by atoms with van der Waals surface area (Å²) in [5.41, 5.74) is 1.15. The second kappa shape index (κ2) is 8.36. The van der Waals surface area contributed by atoms with Crippen LogP contribution in [0.4, 0.5) is 0 Å². The van der Waals surface area contributed by atoms with Gasteiger partial charge in [-0.3, -0.25) is 4.79 Å². The summed E-state index contributed by atoms with van der Waals surface area (Å²) in [5, 5.41) is 6.25. The Morgan fingerprint density at radius 2 is 2.33 bits per heavy atom. The van der Waals surface area contributed by atoms with Gasteiger partial charge in [0.1, 0.15) is 5.75 Å². The number of ether oxygens (including phenoxy) is 2. The van der Waals surface area contributed by atoms with Crippen LogP contribution in [0.3, 0.4) is 0 Å². The van der Waals surface area contributed by atoms with Crippen molar-refractivity contribution in [2.24, 2.45) is 0 Å². The maximum absolute atomic E-state index is 11.6. The van der Waals surface area contributed by atoms with E-state index in [0.29, 0.717) is 32.7 Å². The van der Waals surface area contributed by atoms with Crippen molar-refractivity contribution >= 4 is 21.8 Å². The first kappa shape index (κ1) is 16.3. The van der Waals surface area contributed by atoms with Crippen molar-refractivity contribution in [2.45, 2.75) is 18.9 Å². The first-order valence-corrected chi connectivity index (χ1v) is 7.91. The second-order valence-electron chi connectivity index (χ2n) is 4.92. The van der Waals surface area contributed by atoms with Crippen molar-refractivity contribution in [2.75, 3.05) is 33.4 Å². The zero-order chi connectivity index (χ0) is 15.1. The molecule has 0 radical (unpaired) electrons. The van der Waals surface area contributed by atoms with E-state index in [0.717, 1.165) is 22.2 Å². The maximum Gasteiger partial charge on any atom is 0.221 e. The average Bonchev–Trinajstić information content (AvgIpc) is 2.48. The summed E-state index contributed by atoms with van der Waals surface area (Å²) in [6.45, 7) is 2.45. The zero-order valence-corrected chi connectivity index (χ0v) is 13.7. The molecule has 2 N–H and O–H groups in total. The monoisotopic (exact) mass is 356 g/mol. The minimum absolute atomic E-state index is 0.0427. The van der Waals surface area contributed by atoms with Gasteiger partial charge in [0.2, 0.25) is 5.91 Å². The van der Waals surface area contributed by atoms with Crippen molar-refractivity contribution in [3.8, 4) is 5.75 Å². The minimum atomic E-state index is 0.0427. The molecule has 0 aliphatic carbocycles. The van der Waals surface area contributed by atoms with Gasteiger partial charge in [0.25, 0.3) is 0 Å². The number of halogens is 1. The van der Waals surface area contributed by atoms with Gasteiger partial charge < -0.3 is 20.1 Å². The van der Waals surface area contributed by atoms with Crippen LogP contribution in [0.2, 0.25) is 0 Å². The SMILES string of the molecule is COCCNC(=O)CCNC1CCOc2ccc(Br)cc21. The molecule has 0 saturated heterocycles. The molecular weight excluding hydrogens is 336 g/mol. The first-order chi connectivity index (χ1) is 10.2. The zero-order valence-electron chi connectivity index (χ0n) is 12.2. The lowest BCUT2D eigenvalue weighted by atomic mass is 10.0. The highest BCUT2D eigenvalue weighted by Crippen LogP contribution is 2.33. The first-order valence-electron chi connectivity index (χ1n) is 7.12. The maximum atomic E-state index is 11.6. The lowest BCUT2D eigenvalue weighted by Gasteiger charge is -2.27. The molecule has 1 atom stereocenters. The number of fused-ring (bicyclic) bond motifs is 1. The van der Waals surface area contributed by atoms with Gasteiger partial charge in [0.15, 0.2) is 0 Å². The molecule has 21 heavy (non-hydrogen) atoms. The second-order valence-corrected chi connectivity index (χ2v) is 5.83. The largest absolute Gasteiger partial charge is 0.493 e. The van der Waals surface area contributed by atoms with E-state index in [-0.39, 0.29) is 11.9 Å². The number of carbonyl (C=O) groups is 1. The standard InChI is InChI=1S/C15H21BrN2O3/c1-20-9-7-18-15(19)4-6-17-13-5-8-21-14-3-2-11(16)10-12(13)14/h2-3,10,13,17H,4-9H2,1H3,(H,18,19). The molecule has 1 aliphatic rings. The van der Waals surface area contributed by atoms with E-state index >= 15 is 0 Å². The van der Waals surface area contributed by atoms with Gasteiger partial charge >= 0.3 is 0 Å². The summed E-state index contributed by atoms with van der Waals surface area (Å²) >= 11 is 3.49. The molecule has 0 spiro atoms. The van der Waals surface area contributed by atoms with E-state index in [1.165, 1.54) is 0 Å². The number of carbonyl (C=O) groups excluding carboxylic acids is 1. The Kier molecular flexibility index (Phi) is 6.48. The predicted octanol–water partition coefficient (Wildman–Crippen LogP) is 2.01. The molecule has 5 nitrogen and oxygen atoms in total. The molecule has 1 aliphatic heterocycles. The summed E-state index contributed by atoms with van der Waals surface area (Å²) in [5.74, 6) is 0.965. The molecule has 1 heterocycles. The van der Waals surface area contributed by atoms with E-state index < -0.39 is 0 Å². The van der Waals surface area contributed by atoms with Crippen LogP contribution in [0.15, 0.2) is 22.7 Å². The normalized spacial score (nSPS) is 17.0. The number of hydrogen-bond acceptors (Lipinski definition) is 4. The molecule has 1 unspecified atom stereocenters. The van der Waals surface area contributed by atoms with E-state index in [2.05, 4.69) is 32.6 Å². The molecule has 2 rings (SSSR count). The third-order valence-corrected chi connectivity index (χ3v) is 3.88. The van der Waals surface area contributed by atoms with Gasteiger partial charge in [-0.05, 0) is 18.2 Å². The van der Waals surface area contributed by atoms with E-state index in [1.807, 2.05) is 12.1 Å². The number of methoxy groups -OCH3 is 1. The number of benzene rings is 1. The average molecular weight is 357 g/mol. The number of amides is 1. The summed E-state index contributed by atoms with van der Waals surface area (Å²) in [4.78, 5) is 11.6. The van der Waals surface area contributed by atoms with Crippen molar-refractivity contribution < 1.29 is 14.3 Å². The molecule has 1 aromatic carbocycles. The van der Waals surface area contributed by atoms with Crippen LogP contribution >= 0.6 is 15.9 Å². The molecule has 0 saturated carbocycles. The van der Waals surface area contributed by atoms with Crippen LogP contribution in [0.25, 0.3) is 0 Å². The van der Waals surface area contributed by atoms with Crippen LogP contribution in [0.5, 0.6) is 5.75 Å². The molecule has 0 bridgehead atoms. The van der Waals surface area contributed by atoms with Crippen LogP contribution in [0, 0.1) is 0 Å². The third kappa shape index (κ3) is 4.98. The summed E-state index contributed by atoms with van der Waals surface area (Å²) in [6.07, 6.45) is 1.37. The third-order valence-electron chi connectivity index (χ3n) is 3.38. The minimum Gasteiger partial charge on any atom is -0.493 e. The summed E-state index contributed by atoms with van der Waals surface area (Å²) in [6, 6.07) is 6.26. The Labute approximate surface area is 133 Å². The molecule has 1 amide bonds. The van der Waals surface area contributed by atoms with Crippen molar-refractivity contribution in [3.05, 3.63) is 28.2 Å². The van der Waals surface area contributed by atoms with Crippen LogP contribution in [-0.2, 0) is 9.53 Å². The Hall–Kier alpha value is -1.11. The van der Waals surface area contributed by atoms with Gasteiger partial charge in [0, 0.05) is 49.1 Å². The highest BCUT2D eigenvalue weighted by molar-refractivity contribution is 9.10. The van der Waals surface area contributed by atoms with Crippen LogP contribution in [-0.4, -0.2) is 39.3 Å². The molecule has 116 valence electrons. The Morgan fingerprint density at radius 3 is 3.14 bits per heavy atom. The number of hydrogen-bond donors (Lipinski definition) is 2. The van der Waals surface area contributed by atoms with Crippen LogP contribution < -0.4 is 15.4 Å². The lowest BCUT2D eigenvalue weighted by Crippen LogP contribution is -2.32. The molecular formula is C15H21BrN2O3. The Bertz CT molecular complexity index is 482. The number of nitrogens with one attached hydrogen (secondary N) is 2. The number of rotatable bonds is 7. The summed E-state index contributed by atoms with van der Waals surface area (Å²) < 4.78 is 11.6. The van der Waals surface area contributed by atoms with Gasteiger partial charge in [0.05, 0.1) is 13.2 Å². The highest BCUT2D eigenvalue weighted by Gasteiger charge is 2.21. The molecule has 1 aromatic rings. The van der Waals surface area contributed by atoms with E-state index in [4.69, 9.17) is 9.47 Å². The lowest BCUT2D eigenvalue weighted by molar-refractivity contribution is -0.121. The van der Waals surface area contributed by atoms with Crippen molar-refractivity contribution in [1.29, 1.82) is 0 Å². The molecule has 0 aromatic heterocycles. The van der Waals surface area contributed by atoms with Crippen molar-refractivity contribution in [1.82, 2.24) is 10.6 Å². The summed E-state index contributed by atoms with van der Waals surface area (Å²) in [7, 11) is 1.62. The van der Waals surface area contributed by atoms with Crippen LogP contribution in [0.1, 0.15) is 24.4 Å². The fourth-order valence-corrected chi connectivity index (χ4v) is 2.70. The quantitative estimate of drug-likeness (QED) is 0.733. The van der Waals surface area contributed by atoms with Gasteiger partial charge in [-0.2, -0.15) is 0 Å².